The van der Waals surface area contributed by atoms with Crippen LogP contribution in [0.5, 0.6) is 0 Å². The zero-order valence-corrected chi connectivity index (χ0v) is 16.5. The predicted molar refractivity (Wildman–Crippen MR) is 110 cm³/mol. The van der Waals surface area contributed by atoms with Crippen molar-refractivity contribution in [2.75, 3.05) is 5.32 Å². The molecule has 0 aliphatic carbocycles. The first-order chi connectivity index (χ1) is 14.0. The fourth-order valence-electron chi connectivity index (χ4n) is 3.26. The number of carbonyl (C=O) groups excluding carboxylic acids is 1. The molecule has 0 aliphatic rings. The van der Waals surface area contributed by atoms with Crippen LogP contribution in [0.15, 0.2) is 48.5 Å². The van der Waals surface area contributed by atoms with Gasteiger partial charge in [0.25, 0.3) is 5.91 Å². The number of nitrogens with zero attached hydrogens (tertiary/aromatic N) is 5. The minimum atomic E-state index is -0.194. The Labute approximate surface area is 168 Å². The molecule has 0 saturated heterocycles. The number of hydrogen-bond donors (Lipinski definition) is 2. The van der Waals surface area contributed by atoms with Crippen LogP contribution in [-0.2, 0) is 6.54 Å². The first-order valence-corrected chi connectivity index (χ1v) is 9.26. The van der Waals surface area contributed by atoms with Gasteiger partial charge in [-0.05, 0) is 43.7 Å². The molecular weight excluding hydrogens is 366 g/mol. The van der Waals surface area contributed by atoms with Gasteiger partial charge in [-0.15, -0.1) is 10.2 Å². The monoisotopic (exact) mass is 387 g/mol. The highest BCUT2D eigenvalue weighted by Crippen LogP contribution is 2.21. The first kappa shape index (κ1) is 18.5. The lowest BCUT2D eigenvalue weighted by atomic mass is 10.1. The molecular formula is C21H21N7O. The number of hydrogen-bond acceptors (Lipinski definition) is 5. The Morgan fingerprint density at radius 1 is 1.10 bits per heavy atom. The summed E-state index contributed by atoms with van der Waals surface area (Å²) >= 11 is 0. The molecule has 146 valence electrons. The Kier molecular flexibility index (Phi) is 4.90. The van der Waals surface area contributed by atoms with Crippen molar-refractivity contribution in [2.24, 2.45) is 0 Å². The van der Waals surface area contributed by atoms with Crippen molar-refractivity contribution in [1.29, 1.82) is 0 Å². The molecule has 29 heavy (non-hydrogen) atoms. The molecule has 0 bridgehead atoms. The molecule has 4 aromatic rings. The van der Waals surface area contributed by atoms with Gasteiger partial charge in [-0.2, -0.15) is 10.3 Å². The number of aryl methyl sites for hydroxylation is 2. The Bertz CT molecular complexity index is 1140. The molecule has 4 rings (SSSR count). The van der Waals surface area contributed by atoms with Crippen molar-refractivity contribution >= 4 is 11.6 Å². The minimum absolute atomic E-state index is 0.194. The third-order valence-corrected chi connectivity index (χ3v) is 4.79. The standard InChI is InChI=1S/C21H21N7O/c1-13-7-9-16(10-8-13)12-28-15(3)19(14(2)25-28)21(29)22-18-6-4-5-17(11-18)20-23-26-27-24-20/h4-11H,12H2,1-3H3,(H,22,29)(H,23,24,26,27). The molecule has 0 unspecified atom stereocenters. The third kappa shape index (κ3) is 3.91. The van der Waals surface area contributed by atoms with Crippen molar-refractivity contribution in [3.63, 3.8) is 0 Å². The van der Waals surface area contributed by atoms with Crippen molar-refractivity contribution in [3.05, 3.63) is 76.6 Å². The molecule has 2 N–H and O–H groups in total. The molecule has 0 spiro atoms. The van der Waals surface area contributed by atoms with Crippen LogP contribution >= 0.6 is 0 Å². The zero-order valence-electron chi connectivity index (χ0n) is 16.5. The highest BCUT2D eigenvalue weighted by molar-refractivity contribution is 6.06. The molecule has 0 aliphatic heterocycles. The summed E-state index contributed by atoms with van der Waals surface area (Å²) in [6.45, 7) is 6.44. The Morgan fingerprint density at radius 3 is 2.62 bits per heavy atom. The summed E-state index contributed by atoms with van der Waals surface area (Å²) in [5.74, 6) is 0.278. The third-order valence-electron chi connectivity index (χ3n) is 4.79. The quantitative estimate of drug-likeness (QED) is 0.547. The number of aromatic amines is 1. The number of rotatable bonds is 5. The van der Waals surface area contributed by atoms with E-state index in [1.165, 1.54) is 5.56 Å². The molecule has 0 atom stereocenters. The summed E-state index contributed by atoms with van der Waals surface area (Å²) in [7, 11) is 0. The Hall–Kier alpha value is -3.81. The summed E-state index contributed by atoms with van der Waals surface area (Å²) < 4.78 is 1.87. The number of anilines is 1. The van der Waals surface area contributed by atoms with Crippen molar-refractivity contribution in [3.8, 4) is 11.4 Å². The van der Waals surface area contributed by atoms with Crippen molar-refractivity contribution < 1.29 is 4.79 Å². The zero-order chi connectivity index (χ0) is 20.4. The molecule has 0 radical (unpaired) electrons. The molecule has 0 fully saturated rings. The van der Waals surface area contributed by atoms with E-state index in [0.29, 0.717) is 29.3 Å². The van der Waals surface area contributed by atoms with Gasteiger partial charge in [-0.1, -0.05) is 42.0 Å². The van der Waals surface area contributed by atoms with Crippen LogP contribution in [0.25, 0.3) is 11.4 Å². The van der Waals surface area contributed by atoms with E-state index in [9.17, 15) is 4.79 Å². The van der Waals surface area contributed by atoms with Gasteiger partial charge in [-0.3, -0.25) is 9.48 Å². The first-order valence-electron chi connectivity index (χ1n) is 9.26. The molecule has 0 saturated carbocycles. The highest BCUT2D eigenvalue weighted by Gasteiger charge is 2.19. The van der Waals surface area contributed by atoms with Crippen molar-refractivity contribution in [2.45, 2.75) is 27.3 Å². The fourth-order valence-corrected chi connectivity index (χ4v) is 3.26. The van der Waals surface area contributed by atoms with E-state index in [0.717, 1.165) is 16.8 Å². The molecule has 1 amide bonds. The van der Waals surface area contributed by atoms with Gasteiger partial charge in [0.15, 0.2) is 0 Å². The lowest BCUT2D eigenvalue weighted by Crippen LogP contribution is -2.14. The number of H-pyrrole nitrogens is 1. The molecule has 2 aromatic heterocycles. The summed E-state index contributed by atoms with van der Waals surface area (Å²) in [5.41, 5.74) is 5.88. The summed E-state index contributed by atoms with van der Waals surface area (Å²) in [6, 6.07) is 15.6. The SMILES string of the molecule is Cc1ccc(Cn2nc(C)c(C(=O)Nc3cccc(-c4nn[nH]n4)c3)c2C)cc1. The maximum absolute atomic E-state index is 12.9. The number of benzene rings is 2. The number of amides is 1. The second-order valence-electron chi connectivity index (χ2n) is 6.96. The van der Waals surface area contributed by atoms with Crippen molar-refractivity contribution in [1.82, 2.24) is 30.4 Å². The normalized spacial score (nSPS) is 10.9. The van der Waals surface area contributed by atoms with Gasteiger partial charge in [-0.25, -0.2) is 0 Å². The van der Waals surface area contributed by atoms with Gasteiger partial charge in [0.1, 0.15) is 0 Å². The Balaban J connectivity index is 1.55. The van der Waals surface area contributed by atoms with Crippen LogP contribution in [0.4, 0.5) is 5.69 Å². The van der Waals surface area contributed by atoms with Gasteiger partial charge in [0.2, 0.25) is 5.82 Å². The van der Waals surface area contributed by atoms with Gasteiger partial charge in [0, 0.05) is 16.9 Å². The number of tetrazole rings is 1. The second-order valence-corrected chi connectivity index (χ2v) is 6.96. The van der Waals surface area contributed by atoms with Gasteiger partial charge < -0.3 is 5.32 Å². The van der Waals surface area contributed by atoms with Crippen LogP contribution in [0.2, 0.25) is 0 Å². The minimum Gasteiger partial charge on any atom is -0.322 e. The topological polar surface area (TPSA) is 101 Å². The fraction of sp³-hybridized carbons (Fsp3) is 0.190. The predicted octanol–water partition coefficient (Wildman–Crippen LogP) is 3.29. The van der Waals surface area contributed by atoms with Crippen LogP contribution < -0.4 is 5.32 Å². The molecule has 2 aromatic carbocycles. The average molecular weight is 387 g/mol. The van der Waals surface area contributed by atoms with E-state index in [1.807, 2.05) is 42.8 Å². The van der Waals surface area contributed by atoms with Crippen LogP contribution in [-0.4, -0.2) is 36.3 Å². The lowest BCUT2D eigenvalue weighted by Gasteiger charge is -2.08. The summed E-state index contributed by atoms with van der Waals surface area (Å²) in [5, 5.41) is 21.5. The Morgan fingerprint density at radius 2 is 1.90 bits per heavy atom. The van der Waals surface area contributed by atoms with Gasteiger partial charge >= 0.3 is 0 Å². The summed E-state index contributed by atoms with van der Waals surface area (Å²) in [4.78, 5) is 12.9. The van der Waals surface area contributed by atoms with Crippen LogP contribution in [0, 0.1) is 20.8 Å². The highest BCUT2D eigenvalue weighted by atomic mass is 16.1. The van der Waals surface area contributed by atoms with Crippen LogP contribution in [0.3, 0.4) is 0 Å². The average Bonchev–Trinajstić information content (AvgIpc) is 3.33. The maximum atomic E-state index is 12.9. The van der Waals surface area contributed by atoms with E-state index in [4.69, 9.17) is 0 Å². The van der Waals surface area contributed by atoms with E-state index in [1.54, 1.807) is 0 Å². The second kappa shape index (κ2) is 7.67. The van der Waals surface area contributed by atoms with E-state index < -0.39 is 0 Å². The molecule has 2 heterocycles. The number of carbonyl (C=O) groups is 1. The lowest BCUT2D eigenvalue weighted by molar-refractivity contribution is 0.102. The number of aromatic nitrogens is 6. The van der Waals surface area contributed by atoms with Gasteiger partial charge in [0.05, 0.1) is 17.8 Å². The van der Waals surface area contributed by atoms with E-state index in [2.05, 4.69) is 62.2 Å². The maximum Gasteiger partial charge on any atom is 0.259 e. The van der Waals surface area contributed by atoms with E-state index in [-0.39, 0.29) is 5.91 Å². The van der Waals surface area contributed by atoms with E-state index >= 15 is 0 Å². The largest absolute Gasteiger partial charge is 0.322 e. The number of nitrogens with one attached hydrogen (secondary N) is 2. The summed E-state index contributed by atoms with van der Waals surface area (Å²) in [6.07, 6.45) is 0. The smallest absolute Gasteiger partial charge is 0.259 e. The molecule has 8 heteroatoms. The molecule has 8 nitrogen and oxygen atoms in total. The van der Waals surface area contributed by atoms with Crippen LogP contribution in [0.1, 0.15) is 32.9 Å².